The SMILES string of the molecule is CCNC(=O)CN(C)c1nc2c(C)ccc(C)c2s1. The van der Waals surface area contributed by atoms with Crippen LogP contribution in [0.15, 0.2) is 12.1 Å². The Balaban J connectivity index is 2.28. The van der Waals surface area contributed by atoms with E-state index in [9.17, 15) is 4.79 Å². The van der Waals surface area contributed by atoms with Crippen LogP contribution >= 0.6 is 11.3 Å². The van der Waals surface area contributed by atoms with Crippen LogP contribution in [0, 0.1) is 13.8 Å². The second kappa shape index (κ2) is 5.57. The zero-order valence-electron chi connectivity index (χ0n) is 11.8. The third-order valence-corrected chi connectivity index (χ3v) is 4.32. The Morgan fingerprint density at radius 3 is 2.68 bits per heavy atom. The molecule has 0 aliphatic heterocycles. The van der Waals surface area contributed by atoms with Gasteiger partial charge in [0.1, 0.15) is 0 Å². The molecule has 0 aliphatic rings. The molecule has 0 saturated heterocycles. The molecule has 0 radical (unpaired) electrons. The van der Waals surface area contributed by atoms with Crippen molar-refractivity contribution in [2.45, 2.75) is 20.8 Å². The van der Waals surface area contributed by atoms with Gasteiger partial charge in [0, 0.05) is 13.6 Å². The van der Waals surface area contributed by atoms with Gasteiger partial charge < -0.3 is 10.2 Å². The summed E-state index contributed by atoms with van der Waals surface area (Å²) in [6, 6.07) is 4.20. The highest BCUT2D eigenvalue weighted by atomic mass is 32.1. The summed E-state index contributed by atoms with van der Waals surface area (Å²) < 4.78 is 1.21. The molecular weight excluding hydrogens is 258 g/mol. The molecular formula is C14H19N3OS. The maximum absolute atomic E-state index is 11.6. The minimum atomic E-state index is 0.0256. The van der Waals surface area contributed by atoms with Crippen LogP contribution in [0.2, 0.25) is 0 Å². The maximum atomic E-state index is 11.6. The number of likely N-dealkylation sites (N-methyl/N-ethyl adjacent to an activating group) is 2. The fourth-order valence-corrected chi connectivity index (χ4v) is 3.02. The summed E-state index contributed by atoms with van der Waals surface area (Å²) in [5.41, 5.74) is 3.45. The highest BCUT2D eigenvalue weighted by molar-refractivity contribution is 7.22. The maximum Gasteiger partial charge on any atom is 0.239 e. The first-order chi connectivity index (χ1) is 9.02. The molecule has 1 heterocycles. The van der Waals surface area contributed by atoms with Gasteiger partial charge in [-0.05, 0) is 31.9 Å². The van der Waals surface area contributed by atoms with Crippen LogP contribution in [-0.2, 0) is 4.79 Å². The van der Waals surface area contributed by atoms with Gasteiger partial charge in [-0.3, -0.25) is 4.79 Å². The van der Waals surface area contributed by atoms with E-state index in [4.69, 9.17) is 0 Å². The number of aryl methyl sites for hydroxylation is 2. The van der Waals surface area contributed by atoms with E-state index in [-0.39, 0.29) is 5.91 Å². The molecule has 0 atom stereocenters. The Morgan fingerprint density at radius 1 is 1.37 bits per heavy atom. The third-order valence-electron chi connectivity index (χ3n) is 3.01. The molecule has 0 bridgehead atoms. The molecule has 1 aromatic heterocycles. The molecule has 1 N–H and O–H groups in total. The number of amides is 1. The molecule has 0 spiro atoms. The van der Waals surface area contributed by atoms with Gasteiger partial charge in [0.2, 0.25) is 5.91 Å². The van der Waals surface area contributed by atoms with Gasteiger partial charge in [-0.2, -0.15) is 0 Å². The molecule has 0 unspecified atom stereocenters. The first-order valence-electron chi connectivity index (χ1n) is 6.37. The van der Waals surface area contributed by atoms with E-state index < -0.39 is 0 Å². The van der Waals surface area contributed by atoms with Crippen LogP contribution in [0.3, 0.4) is 0 Å². The number of carbonyl (C=O) groups is 1. The van der Waals surface area contributed by atoms with Crippen LogP contribution in [0.1, 0.15) is 18.1 Å². The molecule has 0 fully saturated rings. The first-order valence-corrected chi connectivity index (χ1v) is 7.19. The number of carbonyl (C=O) groups excluding carboxylic acids is 1. The summed E-state index contributed by atoms with van der Waals surface area (Å²) in [5, 5.41) is 3.69. The number of thiazole rings is 1. The van der Waals surface area contributed by atoms with Crippen molar-refractivity contribution in [1.29, 1.82) is 0 Å². The predicted octanol–water partition coefficient (Wildman–Crippen LogP) is 2.49. The Hall–Kier alpha value is -1.62. The number of rotatable bonds is 4. The van der Waals surface area contributed by atoms with Gasteiger partial charge in [-0.25, -0.2) is 4.98 Å². The second-order valence-electron chi connectivity index (χ2n) is 4.68. The lowest BCUT2D eigenvalue weighted by Gasteiger charge is -2.14. The van der Waals surface area contributed by atoms with Crippen molar-refractivity contribution in [1.82, 2.24) is 10.3 Å². The number of hydrogen-bond acceptors (Lipinski definition) is 4. The zero-order valence-corrected chi connectivity index (χ0v) is 12.6. The van der Waals surface area contributed by atoms with Gasteiger partial charge in [0.25, 0.3) is 0 Å². The number of aromatic nitrogens is 1. The van der Waals surface area contributed by atoms with Crippen molar-refractivity contribution in [3.05, 3.63) is 23.3 Å². The van der Waals surface area contributed by atoms with Crippen molar-refractivity contribution < 1.29 is 4.79 Å². The number of fused-ring (bicyclic) bond motifs is 1. The molecule has 2 rings (SSSR count). The number of benzene rings is 1. The molecule has 2 aromatic rings. The van der Waals surface area contributed by atoms with E-state index in [0.29, 0.717) is 13.1 Å². The lowest BCUT2D eigenvalue weighted by atomic mass is 10.1. The van der Waals surface area contributed by atoms with E-state index in [1.165, 1.54) is 15.8 Å². The van der Waals surface area contributed by atoms with E-state index in [1.54, 1.807) is 11.3 Å². The predicted molar refractivity (Wildman–Crippen MR) is 81.0 cm³/mol. The lowest BCUT2D eigenvalue weighted by Crippen LogP contribution is -2.34. The summed E-state index contributed by atoms with van der Waals surface area (Å²) in [4.78, 5) is 18.1. The van der Waals surface area contributed by atoms with Crippen LogP contribution in [0.5, 0.6) is 0 Å². The average Bonchev–Trinajstić information content (AvgIpc) is 2.80. The van der Waals surface area contributed by atoms with Gasteiger partial charge in [0.05, 0.1) is 16.8 Å². The van der Waals surface area contributed by atoms with Crippen LogP contribution in [0.4, 0.5) is 5.13 Å². The molecule has 102 valence electrons. The zero-order chi connectivity index (χ0) is 14.0. The minimum absolute atomic E-state index is 0.0256. The fourth-order valence-electron chi connectivity index (χ4n) is 1.95. The van der Waals surface area contributed by atoms with Gasteiger partial charge in [-0.15, -0.1) is 0 Å². The lowest BCUT2D eigenvalue weighted by molar-refractivity contribution is -0.119. The minimum Gasteiger partial charge on any atom is -0.355 e. The third kappa shape index (κ3) is 2.87. The van der Waals surface area contributed by atoms with Crippen molar-refractivity contribution in [3.63, 3.8) is 0 Å². The first kappa shape index (κ1) is 13.8. The van der Waals surface area contributed by atoms with Gasteiger partial charge >= 0.3 is 0 Å². The largest absolute Gasteiger partial charge is 0.355 e. The Labute approximate surface area is 117 Å². The quantitative estimate of drug-likeness (QED) is 0.934. The molecule has 0 saturated carbocycles. The highest BCUT2D eigenvalue weighted by Crippen LogP contribution is 2.32. The van der Waals surface area contributed by atoms with E-state index >= 15 is 0 Å². The number of nitrogens with zero attached hydrogens (tertiary/aromatic N) is 2. The summed E-state index contributed by atoms with van der Waals surface area (Å²) >= 11 is 1.64. The topological polar surface area (TPSA) is 45.2 Å². The average molecular weight is 277 g/mol. The van der Waals surface area contributed by atoms with E-state index in [2.05, 4.69) is 36.3 Å². The summed E-state index contributed by atoms with van der Waals surface area (Å²) in [7, 11) is 1.90. The summed E-state index contributed by atoms with van der Waals surface area (Å²) in [6.07, 6.45) is 0. The van der Waals surface area contributed by atoms with Crippen LogP contribution < -0.4 is 10.2 Å². The highest BCUT2D eigenvalue weighted by Gasteiger charge is 2.13. The van der Waals surface area contributed by atoms with Crippen LogP contribution in [-0.4, -0.2) is 31.0 Å². The van der Waals surface area contributed by atoms with Gasteiger partial charge in [0.15, 0.2) is 5.13 Å². The Morgan fingerprint density at radius 2 is 2.05 bits per heavy atom. The Kier molecular flexibility index (Phi) is 4.04. The molecule has 1 aromatic carbocycles. The fraction of sp³-hybridized carbons (Fsp3) is 0.429. The monoisotopic (exact) mass is 277 g/mol. The molecule has 5 heteroatoms. The smallest absolute Gasteiger partial charge is 0.239 e. The summed E-state index contributed by atoms with van der Waals surface area (Å²) in [5.74, 6) is 0.0256. The van der Waals surface area contributed by atoms with Gasteiger partial charge in [-0.1, -0.05) is 23.5 Å². The standard InChI is InChI=1S/C14H19N3OS/c1-5-15-11(18)8-17(4)14-16-12-9(2)6-7-10(3)13(12)19-14/h6-7H,5,8H2,1-4H3,(H,15,18). The molecule has 19 heavy (non-hydrogen) atoms. The Bertz CT molecular complexity index is 567. The second-order valence-corrected chi connectivity index (χ2v) is 5.66. The van der Waals surface area contributed by atoms with Crippen molar-refractivity contribution in [3.8, 4) is 0 Å². The molecule has 4 nitrogen and oxygen atoms in total. The van der Waals surface area contributed by atoms with E-state index in [0.717, 1.165) is 10.6 Å². The number of nitrogens with one attached hydrogen (secondary N) is 1. The normalized spacial score (nSPS) is 10.7. The van der Waals surface area contributed by atoms with E-state index in [1.807, 2.05) is 18.9 Å². The number of hydrogen-bond donors (Lipinski definition) is 1. The van der Waals surface area contributed by atoms with Crippen molar-refractivity contribution in [2.75, 3.05) is 25.0 Å². The molecule has 1 amide bonds. The van der Waals surface area contributed by atoms with Crippen molar-refractivity contribution in [2.24, 2.45) is 0 Å². The molecule has 0 aliphatic carbocycles. The van der Waals surface area contributed by atoms with Crippen LogP contribution in [0.25, 0.3) is 10.2 Å². The van der Waals surface area contributed by atoms with Crippen molar-refractivity contribution >= 4 is 32.6 Å². The number of anilines is 1. The summed E-state index contributed by atoms with van der Waals surface area (Å²) in [6.45, 7) is 7.07.